The Morgan fingerprint density at radius 3 is 2.54 bits per heavy atom. The second kappa shape index (κ2) is 8.13. The van der Waals surface area contributed by atoms with Crippen LogP contribution < -0.4 is 5.32 Å². The molecular weight excluding hydrogens is 304 g/mol. The van der Waals surface area contributed by atoms with Gasteiger partial charge in [0, 0.05) is 51.0 Å². The molecular formula is C18H26N4O2. The molecule has 0 saturated carbocycles. The van der Waals surface area contributed by atoms with E-state index in [4.69, 9.17) is 0 Å². The first-order chi connectivity index (χ1) is 11.7. The molecule has 6 nitrogen and oxygen atoms in total. The zero-order valence-corrected chi connectivity index (χ0v) is 14.1. The van der Waals surface area contributed by atoms with Gasteiger partial charge in [-0.05, 0) is 43.7 Å². The van der Waals surface area contributed by atoms with Crippen LogP contribution in [0.1, 0.15) is 31.2 Å². The van der Waals surface area contributed by atoms with Crippen LogP contribution in [0.25, 0.3) is 0 Å². The lowest BCUT2D eigenvalue weighted by atomic mass is 9.95. The van der Waals surface area contributed by atoms with Gasteiger partial charge in [-0.3, -0.25) is 9.78 Å². The van der Waals surface area contributed by atoms with Crippen LogP contribution in [0.3, 0.4) is 0 Å². The van der Waals surface area contributed by atoms with Crippen LogP contribution in [-0.2, 0) is 11.2 Å². The SMILES string of the molecule is O=C(NCCc1cccnc1)N1CCC(C(=O)N2CCCC2)CC1. The molecule has 3 rings (SSSR count). The Morgan fingerprint density at radius 2 is 1.88 bits per heavy atom. The molecule has 0 radical (unpaired) electrons. The number of carbonyl (C=O) groups is 2. The molecule has 3 amide bonds. The predicted molar refractivity (Wildman–Crippen MR) is 91.5 cm³/mol. The van der Waals surface area contributed by atoms with E-state index < -0.39 is 0 Å². The van der Waals surface area contributed by atoms with Crippen molar-refractivity contribution in [3.05, 3.63) is 30.1 Å². The van der Waals surface area contributed by atoms with Crippen molar-refractivity contribution in [1.82, 2.24) is 20.1 Å². The summed E-state index contributed by atoms with van der Waals surface area (Å²) in [7, 11) is 0. The van der Waals surface area contributed by atoms with E-state index in [0.29, 0.717) is 25.5 Å². The maximum atomic E-state index is 12.4. The maximum absolute atomic E-state index is 12.4. The Labute approximate surface area is 143 Å². The molecule has 0 aromatic carbocycles. The summed E-state index contributed by atoms with van der Waals surface area (Å²) in [6, 6.07) is 3.89. The van der Waals surface area contributed by atoms with Gasteiger partial charge in [-0.25, -0.2) is 4.79 Å². The van der Waals surface area contributed by atoms with Crippen molar-refractivity contribution in [2.24, 2.45) is 5.92 Å². The molecule has 2 fully saturated rings. The Balaban J connectivity index is 1.38. The third kappa shape index (κ3) is 4.24. The highest BCUT2D eigenvalue weighted by Gasteiger charge is 2.31. The van der Waals surface area contributed by atoms with Crippen molar-refractivity contribution in [1.29, 1.82) is 0 Å². The van der Waals surface area contributed by atoms with Crippen LogP contribution in [0.15, 0.2) is 24.5 Å². The van der Waals surface area contributed by atoms with Crippen molar-refractivity contribution in [3.63, 3.8) is 0 Å². The maximum Gasteiger partial charge on any atom is 0.317 e. The third-order valence-electron chi connectivity index (χ3n) is 4.96. The topological polar surface area (TPSA) is 65.5 Å². The van der Waals surface area contributed by atoms with Gasteiger partial charge in [-0.2, -0.15) is 0 Å². The van der Waals surface area contributed by atoms with Crippen LogP contribution in [0, 0.1) is 5.92 Å². The highest BCUT2D eigenvalue weighted by atomic mass is 16.2. The molecule has 0 spiro atoms. The average Bonchev–Trinajstić information content (AvgIpc) is 3.17. The predicted octanol–water partition coefficient (Wildman–Crippen LogP) is 1.67. The van der Waals surface area contributed by atoms with Crippen molar-refractivity contribution in [3.8, 4) is 0 Å². The number of likely N-dealkylation sites (tertiary alicyclic amines) is 2. The first-order valence-corrected chi connectivity index (χ1v) is 8.94. The number of hydrogen-bond acceptors (Lipinski definition) is 3. The number of urea groups is 1. The number of amides is 3. The fourth-order valence-electron chi connectivity index (χ4n) is 3.50. The van der Waals surface area contributed by atoms with Gasteiger partial charge in [0.15, 0.2) is 0 Å². The first kappa shape index (κ1) is 16.7. The highest BCUT2D eigenvalue weighted by Crippen LogP contribution is 2.22. The minimum absolute atomic E-state index is 0.0223. The number of hydrogen-bond donors (Lipinski definition) is 1. The molecule has 0 unspecified atom stereocenters. The molecule has 0 aliphatic carbocycles. The summed E-state index contributed by atoms with van der Waals surface area (Å²) < 4.78 is 0. The molecule has 0 atom stereocenters. The van der Waals surface area contributed by atoms with Crippen molar-refractivity contribution < 1.29 is 9.59 Å². The zero-order valence-electron chi connectivity index (χ0n) is 14.1. The Morgan fingerprint density at radius 1 is 1.12 bits per heavy atom. The molecule has 1 aromatic heterocycles. The molecule has 130 valence electrons. The van der Waals surface area contributed by atoms with E-state index in [2.05, 4.69) is 10.3 Å². The summed E-state index contributed by atoms with van der Waals surface area (Å²) >= 11 is 0. The van der Waals surface area contributed by atoms with Crippen LogP contribution in [0.5, 0.6) is 0 Å². The second-order valence-electron chi connectivity index (χ2n) is 6.64. The molecule has 2 aliphatic heterocycles. The smallest absolute Gasteiger partial charge is 0.317 e. The van der Waals surface area contributed by atoms with E-state index in [1.807, 2.05) is 28.1 Å². The van der Waals surface area contributed by atoms with E-state index in [9.17, 15) is 9.59 Å². The fourth-order valence-corrected chi connectivity index (χ4v) is 3.50. The van der Waals surface area contributed by atoms with E-state index >= 15 is 0 Å². The average molecular weight is 330 g/mol. The number of aromatic nitrogens is 1. The van der Waals surface area contributed by atoms with Gasteiger partial charge >= 0.3 is 6.03 Å². The van der Waals surface area contributed by atoms with E-state index in [1.165, 1.54) is 0 Å². The van der Waals surface area contributed by atoms with Crippen molar-refractivity contribution in [2.75, 3.05) is 32.7 Å². The summed E-state index contributed by atoms with van der Waals surface area (Å²) in [6.07, 6.45) is 8.17. The van der Waals surface area contributed by atoms with Crippen molar-refractivity contribution in [2.45, 2.75) is 32.1 Å². The summed E-state index contributed by atoms with van der Waals surface area (Å²) in [5.74, 6) is 0.395. The molecule has 2 saturated heterocycles. The molecule has 24 heavy (non-hydrogen) atoms. The summed E-state index contributed by atoms with van der Waals surface area (Å²) in [5, 5.41) is 2.96. The van der Waals surface area contributed by atoms with Gasteiger partial charge < -0.3 is 15.1 Å². The largest absolute Gasteiger partial charge is 0.342 e. The van der Waals surface area contributed by atoms with Gasteiger partial charge in [0.1, 0.15) is 0 Å². The normalized spacial score (nSPS) is 18.7. The van der Waals surface area contributed by atoms with Crippen molar-refractivity contribution >= 4 is 11.9 Å². The molecule has 6 heteroatoms. The van der Waals surface area contributed by atoms with E-state index in [-0.39, 0.29) is 11.9 Å². The lowest BCUT2D eigenvalue weighted by Crippen LogP contribution is -2.47. The van der Waals surface area contributed by atoms with E-state index in [0.717, 1.165) is 50.8 Å². The lowest BCUT2D eigenvalue weighted by molar-refractivity contribution is -0.135. The zero-order chi connectivity index (χ0) is 16.8. The third-order valence-corrected chi connectivity index (χ3v) is 4.96. The highest BCUT2D eigenvalue weighted by molar-refractivity contribution is 5.80. The Kier molecular flexibility index (Phi) is 5.67. The molecule has 1 aromatic rings. The number of piperidine rings is 1. The van der Waals surface area contributed by atoms with Crippen LogP contribution in [0.2, 0.25) is 0 Å². The van der Waals surface area contributed by atoms with Gasteiger partial charge in [-0.1, -0.05) is 6.07 Å². The van der Waals surface area contributed by atoms with Crippen LogP contribution >= 0.6 is 0 Å². The molecule has 2 aliphatic rings. The second-order valence-corrected chi connectivity index (χ2v) is 6.64. The van der Waals surface area contributed by atoms with Gasteiger partial charge in [-0.15, -0.1) is 0 Å². The molecule has 1 N–H and O–H groups in total. The van der Waals surface area contributed by atoms with Gasteiger partial charge in [0.25, 0.3) is 0 Å². The number of rotatable bonds is 4. The summed E-state index contributed by atoms with van der Waals surface area (Å²) in [4.78, 5) is 32.5. The Bertz CT molecular complexity index is 549. The van der Waals surface area contributed by atoms with Crippen LogP contribution in [0.4, 0.5) is 4.79 Å². The lowest BCUT2D eigenvalue weighted by Gasteiger charge is -2.33. The Hall–Kier alpha value is -2.11. The minimum Gasteiger partial charge on any atom is -0.342 e. The van der Waals surface area contributed by atoms with E-state index in [1.54, 1.807) is 6.20 Å². The molecule has 3 heterocycles. The standard InChI is InChI=1S/C18H26N4O2/c23-17(21-10-1-2-11-21)16-6-12-22(13-7-16)18(24)20-9-5-15-4-3-8-19-14-15/h3-4,8,14,16H,1-2,5-7,9-13H2,(H,20,24). The first-order valence-electron chi connectivity index (χ1n) is 8.94. The summed E-state index contributed by atoms with van der Waals surface area (Å²) in [6.45, 7) is 3.77. The van der Waals surface area contributed by atoms with Crippen LogP contribution in [-0.4, -0.2) is 59.4 Å². The minimum atomic E-state index is -0.0223. The number of nitrogens with one attached hydrogen (secondary N) is 1. The number of pyridine rings is 1. The monoisotopic (exact) mass is 330 g/mol. The fraction of sp³-hybridized carbons (Fsp3) is 0.611. The van der Waals surface area contributed by atoms with Gasteiger partial charge in [0.2, 0.25) is 5.91 Å². The number of carbonyl (C=O) groups excluding carboxylic acids is 2. The number of nitrogens with zero attached hydrogens (tertiary/aromatic N) is 3. The quantitative estimate of drug-likeness (QED) is 0.913. The molecule has 0 bridgehead atoms. The van der Waals surface area contributed by atoms with Gasteiger partial charge in [0.05, 0.1) is 0 Å². The summed E-state index contributed by atoms with van der Waals surface area (Å²) in [5.41, 5.74) is 1.12.